The average Bonchev–Trinajstić information content (AvgIpc) is 2.13. The summed E-state index contributed by atoms with van der Waals surface area (Å²) < 4.78 is 5.96. The van der Waals surface area contributed by atoms with Gasteiger partial charge in [0.1, 0.15) is 0 Å². The van der Waals surface area contributed by atoms with E-state index < -0.39 is 11.2 Å². The molecule has 0 bridgehead atoms. The first-order chi connectivity index (χ1) is 7.08. The lowest BCUT2D eigenvalue weighted by Gasteiger charge is -2.35. The molecule has 2 heteroatoms. The minimum atomic E-state index is -0.661. The van der Waals surface area contributed by atoms with E-state index in [1.54, 1.807) is 0 Å². The standard InChI is InChI=1S/C14H28O2/c1-11(2)8-7-9-14(15)10-12(3,4)16-13(14,5)6/h11,15H,7-10H2,1-6H3. The fourth-order valence-corrected chi connectivity index (χ4v) is 2.93. The summed E-state index contributed by atoms with van der Waals surface area (Å²) in [6, 6.07) is 0. The molecule has 0 spiro atoms. The van der Waals surface area contributed by atoms with Crippen LogP contribution in [0.25, 0.3) is 0 Å². The highest BCUT2D eigenvalue weighted by Gasteiger charge is 2.55. The third-order valence-corrected chi connectivity index (χ3v) is 3.74. The first kappa shape index (κ1) is 14.0. The Bertz CT molecular complexity index is 243. The van der Waals surface area contributed by atoms with E-state index in [0.29, 0.717) is 5.92 Å². The van der Waals surface area contributed by atoms with Crippen molar-refractivity contribution in [2.45, 2.75) is 84.0 Å². The van der Waals surface area contributed by atoms with Crippen LogP contribution < -0.4 is 0 Å². The number of hydrogen-bond donors (Lipinski definition) is 1. The molecule has 1 unspecified atom stereocenters. The number of ether oxygens (including phenoxy) is 1. The van der Waals surface area contributed by atoms with Gasteiger partial charge in [-0.1, -0.05) is 26.7 Å². The topological polar surface area (TPSA) is 29.5 Å². The molecular formula is C14H28O2. The first-order valence-electron chi connectivity index (χ1n) is 6.51. The highest BCUT2D eigenvalue weighted by Crippen LogP contribution is 2.47. The van der Waals surface area contributed by atoms with Crippen LogP contribution >= 0.6 is 0 Å². The molecule has 1 heterocycles. The van der Waals surface area contributed by atoms with Crippen LogP contribution in [0.5, 0.6) is 0 Å². The lowest BCUT2D eigenvalue weighted by Crippen LogP contribution is -2.46. The van der Waals surface area contributed by atoms with Crippen molar-refractivity contribution in [2.24, 2.45) is 5.92 Å². The Labute approximate surface area is 100 Å². The van der Waals surface area contributed by atoms with Crippen LogP contribution in [-0.4, -0.2) is 21.9 Å². The van der Waals surface area contributed by atoms with Gasteiger partial charge in [0, 0.05) is 6.42 Å². The third kappa shape index (κ3) is 2.98. The number of aliphatic hydroxyl groups is 1. The molecule has 1 N–H and O–H groups in total. The van der Waals surface area contributed by atoms with Crippen molar-refractivity contribution in [3.8, 4) is 0 Å². The third-order valence-electron chi connectivity index (χ3n) is 3.74. The summed E-state index contributed by atoms with van der Waals surface area (Å²) in [4.78, 5) is 0. The van der Waals surface area contributed by atoms with Crippen LogP contribution in [0.3, 0.4) is 0 Å². The quantitative estimate of drug-likeness (QED) is 0.797. The largest absolute Gasteiger partial charge is 0.387 e. The summed E-state index contributed by atoms with van der Waals surface area (Å²) >= 11 is 0. The second kappa shape index (κ2) is 4.30. The molecule has 16 heavy (non-hydrogen) atoms. The van der Waals surface area contributed by atoms with E-state index in [-0.39, 0.29) is 5.60 Å². The van der Waals surface area contributed by atoms with Crippen LogP contribution in [0, 0.1) is 5.92 Å². The van der Waals surface area contributed by atoms with E-state index in [4.69, 9.17) is 4.74 Å². The van der Waals surface area contributed by atoms with Crippen molar-refractivity contribution in [3.05, 3.63) is 0 Å². The molecule has 96 valence electrons. The lowest BCUT2D eigenvalue weighted by molar-refractivity contribution is -0.129. The van der Waals surface area contributed by atoms with E-state index in [2.05, 4.69) is 27.7 Å². The van der Waals surface area contributed by atoms with Crippen molar-refractivity contribution >= 4 is 0 Å². The van der Waals surface area contributed by atoms with Gasteiger partial charge < -0.3 is 9.84 Å². The van der Waals surface area contributed by atoms with Gasteiger partial charge in [0.25, 0.3) is 0 Å². The van der Waals surface area contributed by atoms with Crippen LogP contribution in [-0.2, 0) is 4.74 Å². The molecule has 0 radical (unpaired) electrons. The van der Waals surface area contributed by atoms with Crippen molar-refractivity contribution in [3.63, 3.8) is 0 Å². The van der Waals surface area contributed by atoms with Gasteiger partial charge in [-0.05, 0) is 40.0 Å². The van der Waals surface area contributed by atoms with Crippen LogP contribution in [0.1, 0.15) is 67.2 Å². The summed E-state index contributed by atoms with van der Waals surface area (Å²) in [7, 11) is 0. The second-order valence-electron chi connectivity index (χ2n) is 6.87. The first-order valence-corrected chi connectivity index (χ1v) is 6.51. The minimum Gasteiger partial charge on any atom is -0.387 e. The summed E-state index contributed by atoms with van der Waals surface area (Å²) in [5, 5.41) is 10.7. The summed E-state index contributed by atoms with van der Waals surface area (Å²) in [6.07, 6.45) is 3.85. The Hall–Kier alpha value is -0.0800. The number of hydrogen-bond acceptors (Lipinski definition) is 2. The summed E-state index contributed by atoms with van der Waals surface area (Å²) in [6.45, 7) is 12.6. The van der Waals surface area contributed by atoms with Gasteiger partial charge in [0.2, 0.25) is 0 Å². The molecule has 1 rings (SSSR count). The molecule has 1 aliphatic heterocycles. The molecule has 0 aromatic rings. The summed E-state index contributed by atoms with van der Waals surface area (Å²) in [5.41, 5.74) is -1.28. The molecule has 0 aliphatic carbocycles. The average molecular weight is 228 g/mol. The molecule has 2 nitrogen and oxygen atoms in total. The van der Waals surface area contributed by atoms with Gasteiger partial charge in [0.15, 0.2) is 0 Å². The Morgan fingerprint density at radius 1 is 1.19 bits per heavy atom. The molecule has 0 amide bonds. The normalized spacial score (nSPS) is 32.2. The highest BCUT2D eigenvalue weighted by molar-refractivity contribution is 5.05. The van der Waals surface area contributed by atoms with Gasteiger partial charge in [-0.15, -0.1) is 0 Å². The Kier molecular flexibility index (Phi) is 3.76. The fraction of sp³-hybridized carbons (Fsp3) is 1.00. The second-order valence-corrected chi connectivity index (χ2v) is 6.87. The highest BCUT2D eigenvalue weighted by atomic mass is 16.5. The minimum absolute atomic E-state index is 0.198. The zero-order valence-electron chi connectivity index (χ0n) is 11.8. The smallest absolute Gasteiger partial charge is 0.0958 e. The molecule has 1 aliphatic rings. The van der Waals surface area contributed by atoms with Crippen LogP contribution in [0.15, 0.2) is 0 Å². The Morgan fingerprint density at radius 3 is 2.12 bits per heavy atom. The predicted octanol–water partition coefficient (Wildman–Crippen LogP) is 3.52. The predicted molar refractivity (Wildman–Crippen MR) is 67.5 cm³/mol. The van der Waals surface area contributed by atoms with Gasteiger partial charge >= 0.3 is 0 Å². The van der Waals surface area contributed by atoms with E-state index >= 15 is 0 Å². The summed E-state index contributed by atoms with van der Waals surface area (Å²) in [5.74, 6) is 0.710. The van der Waals surface area contributed by atoms with E-state index in [1.165, 1.54) is 6.42 Å². The van der Waals surface area contributed by atoms with Crippen LogP contribution in [0.2, 0.25) is 0 Å². The van der Waals surface area contributed by atoms with E-state index in [9.17, 15) is 5.11 Å². The Morgan fingerprint density at radius 2 is 1.75 bits per heavy atom. The van der Waals surface area contributed by atoms with Gasteiger partial charge in [-0.2, -0.15) is 0 Å². The van der Waals surface area contributed by atoms with Crippen molar-refractivity contribution in [1.82, 2.24) is 0 Å². The van der Waals surface area contributed by atoms with Crippen molar-refractivity contribution in [2.75, 3.05) is 0 Å². The van der Waals surface area contributed by atoms with E-state index in [1.807, 2.05) is 13.8 Å². The SMILES string of the molecule is CC(C)CCCC1(O)CC(C)(C)OC1(C)C. The fourth-order valence-electron chi connectivity index (χ4n) is 2.93. The van der Waals surface area contributed by atoms with Crippen LogP contribution in [0.4, 0.5) is 0 Å². The van der Waals surface area contributed by atoms with E-state index in [0.717, 1.165) is 19.3 Å². The maximum absolute atomic E-state index is 10.7. The van der Waals surface area contributed by atoms with Crippen molar-refractivity contribution < 1.29 is 9.84 Å². The monoisotopic (exact) mass is 228 g/mol. The van der Waals surface area contributed by atoms with Gasteiger partial charge in [-0.3, -0.25) is 0 Å². The van der Waals surface area contributed by atoms with Crippen molar-refractivity contribution in [1.29, 1.82) is 0 Å². The van der Waals surface area contributed by atoms with Gasteiger partial charge in [-0.25, -0.2) is 0 Å². The Balaban J connectivity index is 2.62. The zero-order chi connectivity index (χ0) is 12.6. The molecule has 0 aromatic carbocycles. The zero-order valence-corrected chi connectivity index (χ0v) is 11.8. The molecule has 1 atom stereocenters. The lowest BCUT2D eigenvalue weighted by atomic mass is 9.78. The molecule has 0 saturated carbocycles. The van der Waals surface area contributed by atoms with Gasteiger partial charge in [0.05, 0.1) is 16.8 Å². The molecular weight excluding hydrogens is 200 g/mol. The molecule has 1 fully saturated rings. The molecule has 0 aromatic heterocycles. The number of rotatable bonds is 4. The maximum Gasteiger partial charge on any atom is 0.0958 e. The maximum atomic E-state index is 10.7. The molecule has 1 saturated heterocycles.